The number of carbonyl (C=O) groups is 1. The molecule has 1 rings (SSSR count). The quantitative estimate of drug-likeness (QED) is 0.626. The molecule has 0 saturated carbocycles. The van der Waals surface area contributed by atoms with Crippen LogP contribution in [0.25, 0.3) is 0 Å². The first-order chi connectivity index (χ1) is 5.98. The van der Waals surface area contributed by atoms with Crippen LogP contribution in [0.2, 0.25) is 0 Å². The maximum atomic E-state index is 11.3. The molecule has 0 atom stereocenters. The third-order valence-electron chi connectivity index (χ3n) is 1.87. The zero-order valence-electron chi connectivity index (χ0n) is 8.24. The fourth-order valence-corrected chi connectivity index (χ4v) is 0.964. The summed E-state index contributed by atoms with van der Waals surface area (Å²) in [5, 5.41) is 7.63. The molecule has 0 fully saturated rings. The van der Waals surface area contributed by atoms with Crippen LogP contribution in [0.15, 0.2) is 6.20 Å². The second-order valence-electron chi connectivity index (χ2n) is 3.36. The van der Waals surface area contributed by atoms with Gasteiger partial charge in [0.25, 0.3) is 0 Å². The van der Waals surface area contributed by atoms with Gasteiger partial charge in [0.2, 0.25) is 0 Å². The number of aromatic nitrogens is 3. The summed E-state index contributed by atoms with van der Waals surface area (Å²) < 4.78 is 6.15. The lowest BCUT2D eigenvalue weighted by atomic mass is 10.1. The van der Waals surface area contributed by atoms with Gasteiger partial charge in [-0.15, -0.1) is 5.10 Å². The van der Waals surface area contributed by atoms with E-state index in [1.807, 2.05) is 6.92 Å². The molecule has 1 aromatic heterocycles. The molecule has 1 aromatic rings. The first kappa shape index (κ1) is 9.70. The Kier molecular flexibility index (Phi) is 2.36. The Morgan fingerprint density at radius 2 is 2.23 bits per heavy atom. The molecule has 5 nitrogen and oxygen atoms in total. The number of esters is 1. The van der Waals surface area contributed by atoms with Gasteiger partial charge in [0.05, 0.1) is 12.8 Å². The van der Waals surface area contributed by atoms with Crippen LogP contribution in [0, 0.1) is 6.92 Å². The number of aryl methyl sites for hydroxylation is 1. The lowest BCUT2D eigenvalue weighted by Crippen LogP contribution is -2.37. The van der Waals surface area contributed by atoms with E-state index in [1.165, 1.54) is 11.8 Å². The van der Waals surface area contributed by atoms with E-state index >= 15 is 0 Å². The van der Waals surface area contributed by atoms with Gasteiger partial charge in [-0.05, 0) is 20.8 Å². The lowest BCUT2D eigenvalue weighted by molar-refractivity contribution is -0.150. The molecule has 0 aliphatic carbocycles. The molecule has 0 aliphatic rings. The summed E-state index contributed by atoms with van der Waals surface area (Å²) in [6, 6.07) is 0. The topological polar surface area (TPSA) is 57.0 Å². The zero-order chi connectivity index (χ0) is 10.1. The van der Waals surface area contributed by atoms with Crippen LogP contribution >= 0.6 is 0 Å². The van der Waals surface area contributed by atoms with Crippen LogP contribution in [0.4, 0.5) is 0 Å². The van der Waals surface area contributed by atoms with E-state index in [1.54, 1.807) is 20.0 Å². The van der Waals surface area contributed by atoms with E-state index < -0.39 is 5.54 Å². The predicted molar refractivity (Wildman–Crippen MR) is 46.1 cm³/mol. The van der Waals surface area contributed by atoms with Gasteiger partial charge in [0.15, 0.2) is 5.54 Å². The first-order valence-corrected chi connectivity index (χ1v) is 3.96. The highest BCUT2D eigenvalue weighted by Gasteiger charge is 2.31. The number of ether oxygens (including phenoxy) is 1. The minimum atomic E-state index is -0.796. The highest BCUT2D eigenvalue weighted by atomic mass is 16.5. The molecule has 0 aromatic carbocycles. The van der Waals surface area contributed by atoms with Gasteiger partial charge in [0, 0.05) is 6.20 Å². The molecule has 0 aliphatic heterocycles. The summed E-state index contributed by atoms with van der Waals surface area (Å²) in [6.07, 6.45) is 1.71. The van der Waals surface area contributed by atoms with Crippen molar-refractivity contribution in [2.24, 2.45) is 0 Å². The zero-order valence-corrected chi connectivity index (χ0v) is 8.24. The number of hydrogen-bond acceptors (Lipinski definition) is 4. The maximum absolute atomic E-state index is 11.3. The Bertz CT molecular complexity index is 317. The minimum absolute atomic E-state index is 0.336. The average Bonchev–Trinajstić information content (AvgIpc) is 2.50. The summed E-state index contributed by atoms with van der Waals surface area (Å²) in [5.41, 5.74) is -0.0206. The standard InChI is InChI=1S/C8H13N3O2/c1-6-5-11(10-9-6)8(2,3)7(12)13-4/h5H,1-4H3. The van der Waals surface area contributed by atoms with Crippen LogP contribution in [0.1, 0.15) is 19.5 Å². The fourth-order valence-electron chi connectivity index (χ4n) is 0.964. The SMILES string of the molecule is COC(=O)C(C)(C)n1cc(C)nn1. The van der Waals surface area contributed by atoms with Crippen molar-refractivity contribution in [3.8, 4) is 0 Å². The summed E-state index contributed by atoms with van der Waals surface area (Å²) >= 11 is 0. The molecule has 0 spiro atoms. The third-order valence-corrected chi connectivity index (χ3v) is 1.87. The highest BCUT2D eigenvalue weighted by Crippen LogP contribution is 2.15. The fraction of sp³-hybridized carbons (Fsp3) is 0.625. The molecule has 13 heavy (non-hydrogen) atoms. The Hall–Kier alpha value is -1.39. The number of carbonyl (C=O) groups excluding carboxylic acids is 1. The summed E-state index contributed by atoms with van der Waals surface area (Å²) in [4.78, 5) is 11.3. The molecule has 0 N–H and O–H groups in total. The number of rotatable bonds is 2. The molecular weight excluding hydrogens is 170 g/mol. The normalized spacial score (nSPS) is 11.4. The summed E-state index contributed by atoms with van der Waals surface area (Å²) in [5.74, 6) is -0.336. The van der Waals surface area contributed by atoms with E-state index in [0.29, 0.717) is 0 Å². The van der Waals surface area contributed by atoms with Crippen LogP contribution in [0.3, 0.4) is 0 Å². The average molecular weight is 183 g/mol. The molecule has 1 heterocycles. The van der Waals surface area contributed by atoms with Crippen LogP contribution in [0.5, 0.6) is 0 Å². The second-order valence-corrected chi connectivity index (χ2v) is 3.36. The van der Waals surface area contributed by atoms with Crippen LogP contribution in [-0.2, 0) is 15.1 Å². The van der Waals surface area contributed by atoms with Gasteiger partial charge in [-0.3, -0.25) is 0 Å². The van der Waals surface area contributed by atoms with Crippen molar-refractivity contribution in [1.82, 2.24) is 15.0 Å². The van der Waals surface area contributed by atoms with E-state index in [-0.39, 0.29) is 5.97 Å². The largest absolute Gasteiger partial charge is 0.467 e. The van der Waals surface area contributed by atoms with E-state index in [2.05, 4.69) is 15.0 Å². The van der Waals surface area contributed by atoms with Gasteiger partial charge in [-0.2, -0.15) is 0 Å². The highest BCUT2D eigenvalue weighted by molar-refractivity contribution is 5.77. The number of hydrogen-bond donors (Lipinski definition) is 0. The van der Waals surface area contributed by atoms with Crippen LogP contribution in [-0.4, -0.2) is 28.1 Å². The Balaban J connectivity index is 2.99. The van der Waals surface area contributed by atoms with E-state index in [4.69, 9.17) is 0 Å². The Labute approximate surface area is 76.7 Å². The Morgan fingerprint density at radius 3 is 2.62 bits per heavy atom. The van der Waals surface area contributed by atoms with Crippen molar-refractivity contribution in [2.75, 3.05) is 7.11 Å². The van der Waals surface area contributed by atoms with Gasteiger partial charge in [0.1, 0.15) is 0 Å². The van der Waals surface area contributed by atoms with Gasteiger partial charge < -0.3 is 4.74 Å². The molecule has 72 valence electrons. The van der Waals surface area contributed by atoms with Gasteiger partial charge in [-0.25, -0.2) is 9.48 Å². The summed E-state index contributed by atoms with van der Waals surface area (Å²) in [6.45, 7) is 5.27. The second kappa shape index (κ2) is 3.16. The monoisotopic (exact) mass is 183 g/mol. The van der Waals surface area contributed by atoms with Crippen molar-refractivity contribution >= 4 is 5.97 Å². The van der Waals surface area contributed by atoms with Crippen molar-refractivity contribution in [3.05, 3.63) is 11.9 Å². The molecule has 0 radical (unpaired) electrons. The Morgan fingerprint density at radius 1 is 1.62 bits per heavy atom. The van der Waals surface area contributed by atoms with Crippen molar-refractivity contribution < 1.29 is 9.53 Å². The third kappa shape index (κ3) is 1.68. The van der Waals surface area contributed by atoms with E-state index in [0.717, 1.165) is 5.69 Å². The molecular formula is C8H13N3O2. The summed E-state index contributed by atoms with van der Waals surface area (Å²) in [7, 11) is 1.36. The molecule has 0 saturated heterocycles. The molecule has 0 bridgehead atoms. The maximum Gasteiger partial charge on any atom is 0.333 e. The van der Waals surface area contributed by atoms with Crippen molar-refractivity contribution in [2.45, 2.75) is 26.3 Å². The molecule has 0 unspecified atom stereocenters. The van der Waals surface area contributed by atoms with Crippen molar-refractivity contribution in [3.63, 3.8) is 0 Å². The minimum Gasteiger partial charge on any atom is -0.467 e. The molecule has 5 heteroatoms. The van der Waals surface area contributed by atoms with Crippen LogP contribution < -0.4 is 0 Å². The van der Waals surface area contributed by atoms with Gasteiger partial charge >= 0.3 is 5.97 Å². The smallest absolute Gasteiger partial charge is 0.333 e. The first-order valence-electron chi connectivity index (χ1n) is 3.96. The number of nitrogens with zero attached hydrogens (tertiary/aromatic N) is 3. The van der Waals surface area contributed by atoms with E-state index in [9.17, 15) is 4.79 Å². The molecule has 0 amide bonds. The van der Waals surface area contributed by atoms with Crippen molar-refractivity contribution in [1.29, 1.82) is 0 Å². The predicted octanol–water partition coefficient (Wildman–Crippen LogP) is 0.495. The number of methoxy groups -OCH3 is 1. The lowest BCUT2D eigenvalue weighted by Gasteiger charge is -2.20. The van der Waals surface area contributed by atoms with Gasteiger partial charge in [-0.1, -0.05) is 5.21 Å².